The van der Waals surface area contributed by atoms with Crippen LogP contribution in [0.4, 0.5) is 4.79 Å². The minimum absolute atomic E-state index is 0.0661. The van der Waals surface area contributed by atoms with Gasteiger partial charge >= 0.3 is 12.1 Å². The van der Waals surface area contributed by atoms with E-state index in [0.717, 1.165) is 31.2 Å². The zero-order valence-corrected chi connectivity index (χ0v) is 21.0. The number of carbonyl (C=O) groups is 2. The van der Waals surface area contributed by atoms with Crippen LogP contribution in [-0.2, 0) is 9.47 Å². The van der Waals surface area contributed by atoms with Crippen molar-refractivity contribution < 1.29 is 29.3 Å². The Morgan fingerprint density at radius 2 is 1.92 bits per heavy atom. The van der Waals surface area contributed by atoms with Crippen LogP contribution in [0.1, 0.15) is 48.5 Å². The molecule has 0 aliphatic carbocycles. The molecular weight excluding hydrogens is 482 g/mol. The molecule has 1 aromatic carbocycles. The van der Waals surface area contributed by atoms with Crippen molar-refractivity contribution in [3.8, 4) is 0 Å². The first-order valence-electron chi connectivity index (χ1n) is 12.5. The van der Waals surface area contributed by atoms with Crippen molar-refractivity contribution in [2.45, 2.75) is 69.2 Å². The summed E-state index contributed by atoms with van der Waals surface area (Å²) < 4.78 is 10.9. The van der Waals surface area contributed by atoms with Crippen molar-refractivity contribution in [2.24, 2.45) is 21.5 Å². The van der Waals surface area contributed by atoms with Gasteiger partial charge < -0.3 is 46.7 Å². The van der Waals surface area contributed by atoms with Gasteiger partial charge in [0.25, 0.3) is 0 Å². The van der Waals surface area contributed by atoms with Crippen molar-refractivity contribution in [2.75, 3.05) is 19.7 Å². The summed E-state index contributed by atoms with van der Waals surface area (Å²) in [5, 5.41) is 28.3. The summed E-state index contributed by atoms with van der Waals surface area (Å²) in [6.07, 6.45) is 1.98. The largest absolute Gasteiger partial charge is 0.451 e. The number of rotatable bonds is 9. The van der Waals surface area contributed by atoms with Gasteiger partial charge in [-0.15, -0.1) is 0 Å². The van der Waals surface area contributed by atoms with E-state index in [1.54, 1.807) is 24.3 Å². The molecular formula is C24H35N7O6. The first kappa shape index (κ1) is 26.5. The fourth-order valence-corrected chi connectivity index (χ4v) is 5.00. The number of aliphatic imine (C=N–C) groups is 2. The number of hydrogen-bond donors (Lipinski definition) is 6. The second-order valence-corrected chi connectivity index (χ2v) is 9.59. The molecule has 0 bridgehead atoms. The van der Waals surface area contributed by atoms with Crippen LogP contribution in [-0.4, -0.2) is 88.4 Å². The number of unbranched alkanes of at least 4 members (excludes halogenated alkanes) is 3. The topological polar surface area (TPSA) is 197 Å². The third-order valence-electron chi connectivity index (χ3n) is 6.97. The van der Waals surface area contributed by atoms with E-state index in [2.05, 4.69) is 27.5 Å². The Bertz CT molecular complexity index is 1080. The van der Waals surface area contributed by atoms with E-state index < -0.39 is 41.7 Å². The van der Waals surface area contributed by atoms with Crippen molar-refractivity contribution in [1.82, 2.24) is 15.5 Å². The smallest absolute Gasteiger partial charge is 0.407 e. The van der Waals surface area contributed by atoms with Crippen LogP contribution < -0.4 is 22.1 Å². The van der Waals surface area contributed by atoms with Gasteiger partial charge in [0.15, 0.2) is 23.7 Å². The van der Waals surface area contributed by atoms with Gasteiger partial charge in [-0.3, -0.25) is 0 Å². The molecule has 3 heterocycles. The summed E-state index contributed by atoms with van der Waals surface area (Å²) in [5.41, 5.74) is 11.6. The van der Waals surface area contributed by atoms with E-state index in [1.165, 1.54) is 4.90 Å². The van der Waals surface area contributed by atoms with Gasteiger partial charge in [0.1, 0.15) is 18.7 Å². The molecule has 37 heavy (non-hydrogen) atoms. The summed E-state index contributed by atoms with van der Waals surface area (Å²) in [7, 11) is 0. The maximum absolute atomic E-state index is 12.8. The Morgan fingerprint density at radius 1 is 1.19 bits per heavy atom. The molecule has 0 radical (unpaired) electrons. The minimum atomic E-state index is -2.68. The third-order valence-corrected chi connectivity index (χ3v) is 6.97. The van der Waals surface area contributed by atoms with E-state index in [-0.39, 0.29) is 30.6 Å². The van der Waals surface area contributed by atoms with Crippen LogP contribution in [0.5, 0.6) is 0 Å². The molecule has 0 unspecified atom stereocenters. The standard InChI is InChI=1S/C24H35N7O6/c1-3-4-5-6-11-27-22(33)36-13-16-18-23(30-20(25)29-18)24(34,35)17(12-31(23)21(26)28-16)37-19(32)15-9-7-14(2)8-10-15/h7-10,16-18,34-35H,3-6,11-13H2,1-2H3,(H2,26,28)(H,27,33)(H3,25,29,30)/t16-,17-,18-,23-/m0/s1. The Hall–Kier alpha value is -3.58. The number of nitrogens with one attached hydrogen (secondary N) is 2. The lowest BCUT2D eigenvalue weighted by Crippen LogP contribution is -2.77. The Balaban J connectivity index is 1.48. The molecule has 0 aromatic heterocycles. The number of aliphatic hydroxyl groups is 2. The highest BCUT2D eigenvalue weighted by Gasteiger charge is 2.74. The number of alkyl carbamates (subject to hydrolysis) is 1. The Morgan fingerprint density at radius 3 is 2.62 bits per heavy atom. The highest BCUT2D eigenvalue weighted by Crippen LogP contribution is 2.45. The van der Waals surface area contributed by atoms with Crippen LogP contribution in [0.25, 0.3) is 0 Å². The van der Waals surface area contributed by atoms with E-state index in [0.29, 0.717) is 6.54 Å². The van der Waals surface area contributed by atoms with Crippen molar-refractivity contribution in [3.63, 3.8) is 0 Å². The predicted octanol–water partition coefficient (Wildman–Crippen LogP) is -0.497. The van der Waals surface area contributed by atoms with E-state index >= 15 is 0 Å². The number of nitrogens with two attached hydrogens (primary N) is 2. The monoisotopic (exact) mass is 517 g/mol. The van der Waals surface area contributed by atoms with Crippen LogP contribution in [0.2, 0.25) is 0 Å². The predicted molar refractivity (Wildman–Crippen MR) is 134 cm³/mol. The first-order valence-corrected chi connectivity index (χ1v) is 12.5. The zero-order valence-electron chi connectivity index (χ0n) is 21.0. The molecule has 1 aromatic rings. The van der Waals surface area contributed by atoms with Crippen LogP contribution >= 0.6 is 0 Å². The maximum Gasteiger partial charge on any atom is 0.407 e. The summed E-state index contributed by atoms with van der Waals surface area (Å²) >= 11 is 0. The number of esters is 1. The van der Waals surface area contributed by atoms with Crippen molar-refractivity contribution in [3.05, 3.63) is 35.4 Å². The van der Waals surface area contributed by atoms with E-state index in [9.17, 15) is 19.8 Å². The average Bonchev–Trinajstić information content (AvgIpc) is 3.32. The number of benzene rings is 1. The molecule has 3 aliphatic rings. The molecule has 13 heteroatoms. The summed E-state index contributed by atoms with van der Waals surface area (Å²) in [6, 6.07) is 4.79. The van der Waals surface area contributed by atoms with Gasteiger partial charge in [0, 0.05) is 6.54 Å². The normalized spacial score (nSPS) is 27.4. The average molecular weight is 518 g/mol. The third kappa shape index (κ3) is 4.88. The maximum atomic E-state index is 12.8. The van der Waals surface area contributed by atoms with Gasteiger partial charge in [0.05, 0.1) is 12.1 Å². The molecule has 13 nitrogen and oxygen atoms in total. The fraction of sp³-hybridized carbons (Fsp3) is 0.583. The highest BCUT2D eigenvalue weighted by molar-refractivity contribution is 5.90. The number of aryl methyl sites for hydroxylation is 1. The van der Waals surface area contributed by atoms with Gasteiger partial charge in [-0.1, -0.05) is 43.9 Å². The number of nitrogens with zero attached hydrogens (tertiary/aromatic N) is 3. The van der Waals surface area contributed by atoms with E-state index in [4.69, 9.17) is 20.9 Å². The van der Waals surface area contributed by atoms with Crippen LogP contribution in [0.3, 0.4) is 0 Å². The number of guanidine groups is 2. The number of carbonyl (C=O) groups excluding carboxylic acids is 2. The molecule has 1 fully saturated rings. The molecule has 8 N–H and O–H groups in total. The van der Waals surface area contributed by atoms with Crippen LogP contribution in [0.15, 0.2) is 34.3 Å². The summed E-state index contributed by atoms with van der Waals surface area (Å²) in [4.78, 5) is 35.0. The van der Waals surface area contributed by atoms with Crippen LogP contribution in [0, 0.1) is 6.92 Å². The number of ether oxygens (including phenoxy) is 2. The number of hydrogen-bond acceptors (Lipinski definition) is 12. The van der Waals surface area contributed by atoms with Gasteiger partial charge in [-0.2, -0.15) is 0 Å². The lowest BCUT2D eigenvalue weighted by atomic mass is 9.86. The molecule has 3 aliphatic heterocycles. The van der Waals surface area contributed by atoms with Crippen molar-refractivity contribution in [1.29, 1.82) is 0 Å². The Kier molecular flexibility index (Phi) is 7.46. The molecule has 4 atom stereocenters. The second kappa shape index (κ2) is 10.4. The van der Waals surface area contributed by atoms with E-state index in [1.807, 2.05) is 6.92 Å². The van der Waals surface area contributed by atoms with Gasteiger partial charge in [-0.05, 0) is 25.5 Å². The molecule has 202 valence electrons. The lowest BCUT2D eigenvalue weighted by molar-refractivity contribution is -0.257. The number of amides is 1. The summed E-state index contributed by atoms with van der Waals surface area (Å²) in [6.45, 7) is 4.05. The summed E-state index contributed by atoms with van der Waals surface area (Å²) in [5.74, 6) is -3.56. The van der Waals surface area contributed by atoms with Crippen molar-refractivity contribution >= 4 is 24.0 Å². The SMILES string of the molecule is CCCCCCNC(=O)OC[C@@H]1N=C(N)N2C[C@H](OC(=O)c3ccc(C)cc3)C(O)(O)[C@@]23NC(N)=N[C@@H]13. The quantitative estimate of drug-likeness (QED) is 0.141. The van der Waals surface area contributed by atoms with Gasteiger partial charge in [-0.25, -0.2) is 19.6 Å². The first-order chi connectivity index (χ1) is 17.6. The second-order valence-electron chi connectivity index (χ2n) is 9.59. The highest BCUT2D eigenvalue weighted by atomic mass is 16.6. The Labute approximate surface area is 214 Å². The molecule has 0 saturated carbocycles. The molecule has 4 rings (SSSR count). The van der Waals surface area contributed by atoms with Gasteiger partial charge in [0.2, 0.25) is 5.79 Å². The molecule has 1 spiro atoms. The minimum Gasteiger partial charge on any atom is -0.451 e. The molecule has 1 saturated heterocycles. The lowest BCUT2D eigenvalue weighted by Gasteiger charge is -2.48. The molecule has 1 amide bonds. The fourth-order valence-electron chi connectivity index (χ4n) is 5.00. The zero-order chi connectivity index (χ0) is 26.8.